The first-order valence-corrected chi connectivity index (χ1v) is 15.3. The fourth-order valence-electron chi connectivity index (χ4n) is 5.06. The fourth-order valence-corrected chi connectivity index (χ4v) is 5.06. The molecule has 0 spiro atoms. The fraction of sp³-hybridized carbons (Fsp3) is 0.719. The van der Waals surface area contributed by atoms with E-state index in [1.165, 1.54) is 5.57 Å². The molecule has 2 saturated heterocycles. The minimum atomic E-state index is -1.76. The first-order chi connectivity index (χ1) is 21.2. The topological polar surface area (TPSA) is 216 Å². The lowest BCUT2D eigenvalue weighted by atomic mass is 9.95. The van der Waals surface area contributed by atoms with E-state index in [9.17, 15) is 40.5 Å². The van der Waals surface area contributed by atoms with Crippen molar-refractivity contribution in [3.63, 3.8) is 0 Å². The van der Waals surface area contributed by atoms with Crippen LogP contribution in [0, 0.1) is 0 Å². The third-order valence-corrected chi connectivity index (χ3v) is 8.27. The average Bonchev–Trinajstić information content (AvgIpc) is 3.00. The van der Waals surface area contributed by atoms with Crippen LogP contribution >= 0.6 is 0 Å². The normalized spacial score (nSPS) is 34.8. The molecule has 0 aromatic rings. The summed E-state index contributed by atoms with van der Waals surface area (Å²) in [6.45, 7) is 9.92. The van der Waals surface area contributed by atoms with Gasteiger partial charge in [0.05, 0.1) is 18.8 Å². The molecule has 0 amide bonds. The molecule has 2 aliphatic rings. The minimum absolute atomic E-state index is 0.339. The molecule has 2 rings (SSSR count). The predicted octanol–water partition coefficient (Wildman–Crippen LogP) is 0.836. The van der Waals surface area contributed by atoms with Gasteiger partial charge in [-0.1, -0.05) is 35.5 Å². The Balaban J connectivity index is 2.04. The number of carboxylic acid groups (broad SMARTS) is 1. The number of carboxylic acids is 1. The molecule has 2 heterocycles. The second-order valence-corrected chi connectivity index (χ2v) is 12.0. The maximum Gasteiger partial charge on any atom is 0.330 e. The lowest BCUT2D eigenvalue weighted by Gasteiger charge is -2.47. The summed E-state index contributed by atoms with van der Waals surface area (Å²) in [7, 11) is 0. The molecule has 11 unspecified atom stereocenters. The highest BCUT2D eigenvalue weighted by atomic mass is 16.8. The predicted molar refractivity (Wildman–Crippen MR) is 163 cm³/mol. The van der Waals surface area contributed by atoms with Gasteiger partial charge in [-0.05, 0) is 66.2 Å². The van der Waals surface area contributed by atoms with Crippen LogP contribution in [0.5, 0.6) is 0 Å². The Morgan fingerprint density at radius 2 is 1.29 bits per heavy atom. The first-order valence-electron chi connectivity index (χ1n) is 15.3. The van der Waals surface area contributed by atoms with E-state index in [1.54, 1.807) is 26.0 Å². The zero-order valence-corrected chi connectivity index (χ0v) is 26.6. The van der Waals surface area contributed by atoms with Crippen LogP contribution in [0.2, 0.25) is 0 Å². The molecular formula is C32H52O13. The number of carbonyl (C=O) groups is 1. The van der Waals surface area contributed by atoms with Crippen molar-refractivity contribution in [1.29, 1.82) is 0 Å². The Morgan fingerprint density at radius 1 is 0.778 bits per heavy atom. The Hall–Kier alpha value is -2.01. The van der Waals surface area contributed by atoms with Gasteiger partial charge in [-0.25, -0.2) is 4.79 Å². The molecule has 0 bridgehead atoms. The van der Waals surface area contributed by atoms with Crippen LogP contribution < -0.4 is 0 Å². The van der Waals surface area contributed by atoms with Crippen molar-refractivity contribution in [1.82, 2.24) is 0 Å². The van der Waals surface area contributed by atoms with Gasteiger partial charge >= 0.3 is 5.97 Å². The Kier molecular flexibility index (Phi) is 16.0. The van der Waals surface area contributed by atoms with E-state index in [2.05, 4.69) is 18.7 Å². The van der Waals surface area contributed by atoms with E-state index in [-0.39, 0.29) is 0 Å². The zero-order chi connectivity index (χ0) is 33.9. The van der Waals surface area contributed by atoms with Crippen LogP contribution in [0.3, 0.4) is 0 Å². The highest BCUT2D eigenvalue weighted by molar-refractivity contribution is 5.85. The van der Waals surface area contributed by atoms with Gasteiger partial charge in [-0.2, -0.15) is 0 Å². The number of aliphatic hydroxyl groups excluding tert-OH is 7. The summed E-state index contributed by atoms with van der Waals surface area (Å²) in [5.41, 5.74) is 1.65. The molecule has 0 saturated carbocycles. The van der Waals surface area contributed by atoms with Crippen LogP contribution in [0.15, 0.2) is 47.6 Å². The summed E-state index contributed by atoms with van der Waals surface area (Å²) in [5.74, 6) is -0.909. The van der Waals surface area contributed by atoms with E-state index in [0.29, 0.717) is 24.8 Å². The Bertz CT molecular complexity index is 1040. The maximum atomic E-state index is 10.9. The summed E-state index contributed by atoms with van der Waals surface area (Å²) < 4.78 is 23.1. The van der Waals surface area contributed by atoms with Crippen LogP contribution in [0.1, 0.15) is 66.2 Å². The number of allylic oxidation sites excluding steroid dienone is 5. The van der Waals surface area contributed by atoms with Gasteiger partial charge in [-0.15, -0.1) is 6.58 Å². The van der Waals surface area contributed by atoms with E-state index in [4.69, 9.17) is 24.1 Å². The van der Waals surface area contributed by atoms with Crippen LogP contribution in [-0.2, 0) is 23.7 Å². The van der Waals surface area contributed by atoms with Gasteiger partial charge in [0.2, 0.25) is 0 Å². The smallest absolute Gasteiger partial charge is 0.330 e. The van der Waals surface area contributed by atoms with Crippen molar-refractivity contribution < 1.29 is 64.6 Å². The SMILES string of the molecule is C=CC(C)(CC/C=C(\C)CC/C=C(\C)CC/C=C(\C)C(=O)O)OC1OC(CO)C(O)C(O)C1OC1OC(CO)C(O)C(O)C1O. The number of ether oxygens (including phenoxy) is 4. The summed E-state index contributed by atoms with van der Waals surface area (Å²) in [6, 6.07) is 0. The Morgan fingerprint density at radius 3 is 1.82 bits per heavy atom. The zero-order valence-electron chi connectivity index (χ0n) is 26.6. The van der Waals surface area contributed by atoms with Gasteiger partial charge < -0.3 is 59.8 Å². The molecule has 0 aromatic heterocycles. The van der Waals surface area contributed by atoms with Gasteiger partial charge in [-0.3, -0.25) is 0 Å². The van der Waals surface area contributed by atoms with Crippen molar-refractivity contribution >= 4 is 5.97 Å². The standard InChI is InChI=1S/C32H52O13/c1-6-32(5,15-9-13-19(3)11-7-10-18(2)12-8-14-20(4)29(40)41)45-31-28(26(38)24(36)22(17-34)43-31)44-30-27(39)25(37)23(35)21(16-33)42-30/h6,10,13-14,21-28,30-31,33-39H,1,7-9,11-12,15-17H2,2-5H3,(H,40,41)/b18-10+,19-13+,20-14+. The molecule has 258 valence electrons. The molecule has 13 nitrogen and oxygen atoms in total. The molecular weight excluding hydrogens is 592 g/mol. The second kappa shape index (κ2) is 18.4. The Labute approximate surface area is 264 Å². The molecule has 11 atom stereocenters. The number of hydrogen-bond acceptors (Lipinski definition) is 12. The highest BCUT2D eigenvalue weighted by Gasteiger charge is 2.51. The summed E-state index contributed by atoms with van der Waals surface area (Å²) >= 11 is 0. The van der Waals surface area contributed by atoms with Gasteiger partial charge in [0, 0.05) is 5.57 Å². The molecule has 2 aliphatic heterocycles. The van der Waals surface area contributed by atoms with Crippen LogP contribution in [-0.4, -0.2) is 127 Å². The number of aliphatic carboxylic acids is 1. The van der Waals surface area contributed by atoms with E-state index in [0.717, 1.165) is 24.8 Å². The number of aliphatic hydroxyl groups is 7. The molecule has 2 fully saturated rings. The van der Waals surface area contributed by atoms with E-state index < -0.39 is 86.2 Å². The van der Waals surface area contributed by atoms with E-state index >= 15 is 0 Å². The van der Waals surface area contributed by atoms with Crippen molar-refractivity contribution in [2.24, 2.45) is 0 Å². The van der Waals surface area contributed by atoms with Gasteiger partial charge in [0.25, 0.3) is 0 Å². The van der Waals surface area contributed by atoms with Crippen LogP contribution in [0.4, 0.5) is 0 Å². The molecule has 45 heavy (non-hydrogen) atoms. The first kappa shape index (κ1) is 39.2. The average molecular weight is 645 g/mol. The molecule has 0 aliphatic carbocycles. The van der Waals surface area contributed by atoms with Crippen molar-refractivity contribution in [2.75, 3.05) is 13.2 Å². The lowest BCUT2D eigenvalue weighted by molar-refractivity contribution is -0.375. The molecule has 13 heteroatoms. The minimum Gasteiger partial charge on any atom is -0.478 e. The monoisotopic (exact) mass is 644 g/mol. The molecule has 0 radical (unpaired) electrons. The largest absolute Gasteiger partial charge is 0.478 e. The maximum absolute atomic E-state index is 10.9. The quantitative estimate of drug-likeness (QED) is 0.0815. The summed E-state index contributed by atoms with van der Waals surface area (Å²) in [4.78, 5) is 10.9. The highest BCUT2D eigenvalue weighted by Crippen LogP contribution is 2.33. The summed E-state index contributed by atoms with van der Waals surface area (Å²) in [6.07, 6.45) is -3.68. The van der Waals surface area contributed by atoms with Crippen molar-refractivity contribution in [3.05, 3.63) is 47.6 Å². The van der Waals surface area contributed by atoms with Crippen molar-refractivity contribution in [2.45, 2.75) is 133 Å². The van der Waals surface area contributed by atoms with Crippen molar-refractivity contribution in [3.8, 4) is 0 Å². The van der Waals surface area contributed by atoms with Gasteiger partial charge in [0.15, 0.2) is 12.6 Å². The van der Waals surface area contributed by atoms with Gasteiger partial charge in [0.1, 0.15) is 48.8 Å². The van der Waals surface area contributed by atoms with E-state index in [1.807, 2.05) is 13.8 Å². The third kappa shape index (κ3) is 11.3. The third-order valence-electron chi connectivity index (χ3n) is 8.27. The lowest BCUT2D eigenvalue weighted by Crippen LogP contribution is -2.65. The number of rotatable bonds is 17. The second-order valence-electron chi connectivity index (χ2n) is 12.0. The summed E-state index contributed by atoms with van der Waals surface area (Å²) in [5, 5.41) is 80.3. The van der Waals surface area contributed by atoms with Crippen LogP contribution in [0.25, 0.3) is 0 Å². The molecule has 0 aromatic carbocycles. The number of hydrogen-bond donors (Lipinski definition) is 8. The molecule has 8 N–H and O–H groups in total.